The van der Waals surface area contributed by atoms with Crippen LogP contribution in [0.15, 0.2) is 107 Å². The van der Waals surface area contributed by atoms with Crippen LogP contribution in [0.4, 0.5) is 11.4 Å². The summed E-state index contributed by atoms with van der Waals surface area (Å²) in [5, 5.41) is 5.45. The molecular weight excluding hydrogens is 490 g/mol. The first-order valence-corrected chi connectivity index (χ1v) is 13.2. The van der Waals surface area contributed by atoms with E-state index in [-0.39, 0.29) is 22.7 Å². The molecular formula is C28H27N3O5S. The maximum absolute atomic E-state index is 13.5. The summed E-state index contributed by atoms with van der Waals surface area (Å²) in [4.78, 5) is 26.0. The van der Waals surface area contributed by atoms with Crippen LogP contribution in [0.5, 0.6) is 0 Å². The highest BCUT2D eigenvalue weighted by Crippen LogP contribution is 2.25. The second-order valence-corrected chi connectivity index (χ2v) is 10.1. The average molecular weight is 518 g/mol. The Morgan fingerprint density at radius 2 is 1.57 bits per heavy atom. The lowest BCUT2D eigenvalue weighted by Gasteiger charge is -2.24. The predicted octanol–water partition coefficient (Wildman–Crippen LogP) is 4.61. The number of furan rings is 1. The Bertz CT molecular complexity index is 1450. The lowest BCUT2D eigenvalue weighted by atomic mass is 10.1. The summed E-state index contributed by atoms with van der Waals surface area (Å²) in [7, 11) is -4.04. The van der Waals surface area contributed by atoms with Crippen LogP contribution >= 0.6 is 0 Å². The van der Waals surface area contributed by atoms with Crippen molar-refractivity contribution in [2.75, 3.05) is 16.2 Å². The number of hydrogen-bond donors (Lipinski definition) is 2. The monoisotopic (exact) mass is 517 g/mol. The van der Waals surface area contributed by atoms with Crippen LogP contribution in [0.1, 0.15) is 28.6 Å². The second-order valence-electron chi connectivity index (χ2n) is 8.20. The van der Waals surface area contributed by atoms with Gasteiger partial charge in [-0.1, -0.05) is 49.4 Å². The minimum atomic E-state index is -4.04. The quantitative estimate of drug-likeness (QED) is 0.319. The van der Waals surface area contributed by atoms with Crippen molar-refractivity contribution < 1.29 is 22.4 Å². The highest BCUT2D eigenvalue weighted by molar-refractivity contribution is 7.92. The van der Waals surface area contributed by atoms with Crippen molar-refractivity contribution in [2.45, 2.75) is 24.8 Å². The molecule has 0 fully saturated rings. The van der Waals surface area contributed by atoms with E-state index in [1.807, 2.05) is 19.1 Å². The molecule has 0 aliphatic heterocycles. The molecule has 0 spiro atoms. The van der Waals surface area contributed by atoms with E-state index in [1.54, 1.807) is 66.7 Å². The van der Waals surface area contributed by atoms with Gasteiger partial charge >= 0.3 is 0 Å². The van der Waals surface area contributed by atoms with E-state index in [9.17, 15) is 18.0 Å². The van der Waals surface area contributed by atoms with E-state index in [1.165, 1.54) is 18.4 Å². The van der Waals surface area contributed by atoms with Gasteiger partial charge in [-0.25, -0.2) is 8.42 Å². The number of anilines is 2. The molecule has 37 heavy (non-hydrogen) atoms. The zero-order chi connectivity index (χ0) is 26.3. The van der Waals surface area contributed by atoms with E-state index >= 15 is 0 Å². The molecule has 0 saturated carbocycles. The fraction of sp³-hybridized carbons (Fsp3) is 0.143. The minimum Gasteiger partial charge on any atom is -0.467 e. The smallest absolute Gasteiger partial charge is 0.264 e. The Labute approximate surface area is 216 Å². The summed E-state index contributed by atoms with van der Waals surface area (Å²) < 4.78 is 33.3. The first-order chi connectivity index (χ1) is 17.9. The van der Waals surface area contributed by atoms with Crippen LogP contribution in [0.2, 0.25) is 0 Å². The molecule has 0 aliphatic rings. The first-order valence-electron chi connectivity index (χ1n) is 11.7. The number of carbonyl (C=O) groups is 2. The van der Waals surface area contributed by atoms with E-state index in [4.69, 9.17) is 4.42 Å². The topological polar surface area (TPSA) is 109 Å². The Morgan fingerprint density at radius 1 is 0.865 bits per heavy atom. The normalized spacial score (nSPS) is 11.1. The lowest BCUT2D eigenvalue weighted by molar-refractivity contribution is -0.114. The minimum absolute atomic E-state index is 0.0695. The van der Waals surface area contributed by atoms with Gasteiger partial charge in [0.2, 0.25) is 5.91 Å². The molecule has 4 aromatic rings. The highest BCUT2D eigenvalue weighted by Gasteiger charge is 2.27. The molecule has 1 aromatic heterocycles. The zero-order valence-electron chi connectivity index (χ0n) is 20.3. The molecule has 0 radical (unpaired) electrons. The van der Waals surface area contributed by atoms with E-state index in [2.05, 4.69) is 10.6 Å². The third kappa shape index (κ3) is 6.25. The predicted molar refractivity (Wildman–Crippen MR) is 142 cm³/mol. The largest absolute Gasteiger partial charge is 0.467 e. The number of para-hydroxylation sites is 1. The molecule has 190 valence electrons. The zero-order valence-corrected chi connectivity index (χ0v) is 21.1. The molecule has 2 amide bonds. The summed E-state index contributed by atoms with van der Waals surface area (Å²) in [6.07, 6.45) is 2.31. The summed E-state index contributed by atoms with van der Waals surface area (Å²) >= 11 is 0. The van der Waals surface area contributed by atoms with Gasteiger partial charge in [0.05, 0.1) is 34.6 Å². The summed E-state index contributed by atoms with van der Waals surface area (Å²) in [6.45, 7) is 1.71. The van der Waals surface area contributed by atoms with Crippen molar-refractivity contribution in [2.24, 2.45) is 0 Å². The number of rotatable bonds is 10. The number of nitrogens with zero attached hydrogens (tertiary/aromatic N) is 1. The molecule has 0 saturated heterocycles. The number of sulfonamides is 1. The number of amides is 2. The lowest BCUT2D eigenvalue weighted by Crippen LogP contribution is -2.38. The molecule has 4 rings (SSSR count). The van der Waals surface area contributed by atoms with Crippen molar-refractivity contribution in [3.05, 3.63) is 114 Å². The van der Waals surface area contributed by atoms with Crippen molar-refractivity contribution in [3.63, 3.8) is 0 Å². The Kier molecular flexibility index (Phi) is 8.05. The fourth-order valence-electron chi connectivity index (χ4n) is 3.72. The van der Waals surface area contributed by atoms with Gasteiger partial charge in [0.1, 0.15) is 12.3 Å². The number of carbonyl (C=O) groups excluding carboxylic acids is 2. The number of aryl methyl sites for hydroxylation is 1. The molecule has 0 aliphatic carbocycles. The first kappa shape index (κ1) is 25.7. The van der Waals surface area contributed by atoms with Crippen LogP contribution in [-0.2, 0) is 27.8 Å². The van der Waals surface area contributed by atoms with Crippen molar-refractivity contribution >= 4 is 33.2 Å². The van der Waals surface area contributed by atoms with Gasteiger partial charge in [-0.2, -0.15) is 0 Å². The number of nitrogens with one attached hydrogen (secondary N) is 2. The van der Waals surface area contributed by atoms with E-state index in [0.717, 1.165) is 16.3 Å². The summed E-state index contributed by atoms with van der Waals surface area (Å²) in [5.74, 6) is -0.410. The molecule has 0 bridgehead atoms. The van der Waals surface area contributed by atoms with Crippen molar-refractivity contribution in [1.82, 2.24) is 5.32 Å². The molecule has 8 nitrogen and oxygen atoms in total. The maximum Gasteiger partial charge on any atom is 0.264 e. The van der Waals surface area contributed by atoms with Crippen LogP contribution in [0.3, 0.4) is 0 Å². The Morgan fingerprint density at radius 3 is 2.24 bits per heavy atom. The average Bonchev–Trinajstić information content (AvgIpc) is 3.45. The maximum atomic E-state index is 13.5. The third-order valence-electron chi connectivity index (χ3n) is 5.70. The van der Waals surface area contributed by atoms with Gasteiger partial charge < -0.3 is 15.1 Å². The van der Waals surface area contributed by atoms with Crippen molar-refractivity contribution in [3.8, 4) is 0 Å². The van der Waals surface area contributed by atoms with Gasteiger partial charge in [-0.15, -0.1) is 0 Å². The van der Waals surface area contributed by atoms with E-state index < -0.39 is 28.4 Å². The van der Waals surface area contributed by atoms with Gasteiger partial charge in [0.25, 0.3) is 15.9 Å². The molecule has 0 atom stereocenters. The molecule has 1 heterocycles. The van der Waals surface area contributed by atoms with Gasteiger partial charge in [0.15, 0.2) is 0 Å². The third-order valence-corrected chi connectivity index (χ3v) is 7.49. The van der Waals surface area contributed by atoms with Gasteiger partial charge in [0, 0.05) is 0 Å². The van der Waals surface area contributed by atoms with Gasteiger partial charge in [-0.3, -0.25) is 13.9 Å². The standard InChI is InChI=1S/C28H27N3O5S/c1-2-21-14-16-22(17-15-21)31(37(34,35)24-10-4-3-5-11-24)20-27(32)30-26-13-7-6-12-25(26)28(33)29-19-23-9-8-18-36-23/h3-18H,2,19-20H2,1H3,(H,29,33)(H,30,32). The SMILES string of the molecule is CCc1ccc(N(CC(=O)Nc2ccccc2C(=O)NCc2ccco2)S(=O)(=O)c2ccccc2)cc1. The Hall–Kier alpha value is -4.37. The van der Waals surface area contributed by atoms with Crippen LogP contribution < -0.4 is 14.9 Å². The second kappa shape index (κ2) is 11.6. The fourth-order valence-corrected chi connectivity index (χ4v) is 5.16. The van der Waals surface area contributed by atoms with E-state index in [0.29, 0.717) is 11.4 Å². The van der Waals surface area contributed by atoms with Crippen LogP contribution in [0.25, 0.3) is 0 Å². The van der Waals surface area contributed by atoms with Crippen molar-refractivity contribution in [1.29, 1.82) is 0 Å². The highest BCUT2D eigenvalue weighted by atomic mass is 32.2. The number of benzene rings is 3. The van der Waals surface area contributed by atoms with Gasteiger partial charge in [-0.05, 0) is 60.5 Å². The summed E-state index contributed by atoms with van der Waals surface area (Å²) in [6, 6.07) is 25.0. The summed E-state index contributed by atoms with van der Waals surface area (Å²) in [5.41, 5.74) is 1.91. The molecule has 9 heteroatoms. The number of hydrogen-bond acceptors (Lipinski definition) is 5. The molecule has 3 aromatic carbocycles. The Balaban J connectivity index is 1.56. The molecule has 0 unspecified atom stereocenters. The molecule has 2 N–H and O–H groups in total. The van der Waals surface area contributed by atoms with Crippen LogP contribution in [0, 0.1) is 0 Å². The van der Waals surface area contributed by atoms with Crippen LogP contribution in [-0.4, -0.2) is 26.8 Å².